The van der Waals surface area contributed by atoms with Crippen molar-refractivity contribution in [3.05, 3.63) is 65.6 Å². The number of halogens is 2. The molecule has 0 N–H and O–H groups in total. The average Bonchev–Trinajstić information content (AvgIpc) is 3.58. The minimum absolute atomic E-state index is 0.0477. The van der Waals surface area contributed by atoms with Crippen LogP contribution in [0.15, 0.2) is 48.0 Å². The summed E-state index contributed by atoms with van der Waals surface area (Å²) in [5.74, 6) is 0.350. The Morgan fingerprint density at radius 2 is 1.71 bits per heavy atom. The fourth-order valence-electron chi connectivity index (χ4n) is 7.90. The van der Waals surface area contributed by atoms with Gasteiger partial charge in [-0.15, -0.1) is 0 Å². The van der Waals surface area contributed by atoms with Gasteiger partial charge in [0.05, 0.1) is 22.5 Å². The zero-order valence-corrected chi connectivity index (χ0v) is 24.3. The van der Waals surface area contributed by atoms with E-state index in [0.29, 0.717) is 40.0 Å². The summed E-state index contributed by atoms with van der Waals surface area (Å²) in [6, 6.07) is 10.8. The number of rotatable bonds is 8. The maximum Gasteiger partial charge on any atom is 0.318 e. The molecule has 4 fully saturated rings. The molecule has 3 aromatic rings. The molecule has 0 atom stereocenters. The second-order valence-electron chi connectivity index (χ2n) is 12.8. The van der Waals surface area contributed by atoms with Gasteiger partial charge < -0.3 is 9.64 Å². The molecule has 0 radical (unpaired) electrons. The smallest absolute Gasteiger partial charge is 0.318 e. The van der Waals surface area contributed by atoms with Crippen molar-refractivity contribution in [2.45, 2.75) is 70.0 Å². The predicted molar refractivity (Wildman–Crippen MR) is 163 cm³/mol. The van der Waals surface area contributed by atoms with Crippen LogP contribution in [0.5, 0.6) is 6.01 Å². The number of alkyl halides is 1. The van der Waals surface area contributed by atoms with Crippen molar-refractivity contribution in [3.8, 4) is 6.01 Å². The molecule has 0 bridgehead atoms. The third kappa shape index (κ3) is 4.87. The number of piperidine rings is 1. The average molecular weight is 572 g/mol. The standard InChI is InChI=1S/C34H39F2N5O/c1-24(26-10-2-8-25-9-3-11-28(36)30(25)26)37-21-27-29(20-35)38-32(42-23-34-15-6-18-41(34)19-7-16-34)39-31(27)40-17-5-14-33(22-40)12-4-13-33/h2-3,8-11,21H,1,4-7,12-20,22-23H2. The number of nitrogens with zero attached hydrogens (tertiary/aromatic N) is 5. The lowest BCUT2D eigenvalue weighted by atomic mass is 9.64. The van der Waals surface area contributed by atoms with Gasteiger partial charge in [0, 0.05) is 30.3 Å². The van der Waals surface area contributed by atoms with Gasteiger partial charge in [0.15, 0.2) is 0 Å². The number of hydrogen-bond acceptors (Lipinski definition) is 6. The number of aliphatic imine (C=N–C) groups is 1. The first-order valence-corrected chi connectivity index (χ1v) is 15.5. The zero-order valence-electron chi connectivity index (χ0n) is 24.3. The van der Waals surface area contributed by atoms with Crippen LogP contribution in [0.1, 0.15) is 74.6 Å². The molecule has 2 aromatic carbocycles. The summed E-state index contributed by atoms with van der Waals surface area (Å²) in [6.07, 6.45) is 12.2. The summed E-state index contributed by atoms with van der Waals surface area (Å²) in [7, 11) is 0. The Morgan fingerprint density at radius 1 is 0.976 bits per heavy atom. The monoisotopic (exact) mass is 571 g/mol. The second-order valence-corrected chi connectivity index (χ2v) is 12.8. The molecule has 3 aliphatic heterocycles. The maximum absolute atomic E-state index is 14.8. The lowest BCUT2D eigenvalue weighted by molar-refractivity contribution is 0.104. The first kappa shape index (κ1) is 27.4. The van der Waals surface area contributed by atoms with E-state index in [4.69, 9.17) is 9.72 Å². The first-order chi connectivity index (χ1) is 20.5. The van der Waals surface area contributed by atoms with Crippen molar-refractivity contribution < 1.29 is 13.5 Å². The van der Waals surface area contributed by atoms with E-state index in [1.54, 1.807) is 12.3 Å². The van der Waals surface area contributed by atoms with E-state index < -0.39 is 6.67 Å². The molecular weight excluding hydrogens is 532 g/mol. The number of fused-ring (bicyclic) bond motifs is 2. The molecule has 1 saturated carbocycles. The van der Waals surface area contributed by atoms with Crippen LogP contribution in [0.2, 0.25) is 0 Å². The van der Waals surface area contributed by atoms with Crippen LogP contribution in [0.4, 0.5) is 14.6 Å². The fourth-order valence-corrected chi connectivity index (χ4v) is 7.90. The fraction of sp³-hybridized carbons (Fsp3) is 0.500. The molecule has 220 valence electrons. The molecule has 1 aromatic heterocycles. The Labute approximate surface area is 246 Å². The molecule has 7 rings (SSSR count). The van der Waals surface area contributed by atoms with Gasteiger partial charge in [0.2, 0.25) is 0 Å². The highest BCUT2D eigenvalue weighted by Gasteiger charge is 2.45. The van der Waals surface area contributed by atoms with Crippen molar-refractivity contribution in [1.29, 1.82) is 0 Å². The highest BCUT2D eigenvalue weighted by atomic mass is 19.1. The van der Waals surface area contributed by atoms with Crippen molar-refractivity contribution in [1.82, 2.24) is 14.9 Å². The van der Waals surface area contributed by atoms with Crippen LogP contribution in [0, 0.1) is 11.2 Å². The number of ether oxygens (including phenoxy) is 1. The van der Waals surface area contributed by atoms with Gasteiger partial charge in [-0.05, 0) is 81.3 Å². The molecule has 42 heavy (non-hydrogen) atoms. The Morgan fingerprint density at radius 3 is 2.45 bits per heavy atom. The maximum atomic E-state index is 14.8. The zero-order chi connectivity index (χ0) is 28.7. The van der Waals surface area contributed by atoms with Gasteiger partial charge in [-0.1, -0.05) is 43.3 Å². The van der Waals surface area contributed by atoms with Crippen LogP contribution in [0.3, 0.4) is 0 Å². The van der Waals surface area contributed by atoms with E-state index in [1.165, 1.54) is 44.6 Å². The molecule has 6 nitrogen and oxygen atoms in total. The largest absolute Gasteiger partial charge is 0.461 e. The van der Waals surface area contributed by atoms with Gasteiger partial charge in [0.25, 0.3) is 0 Å². The van der Waals surface area contributed by atoms with E-state index in [-0.39, 0.29) is 23.1 Å². The van der Waals surface area contributed by atoms with Crippen LogP contribution >= 0.6 is 0 Å². The van der Waals surface area contributed by atoms with Crippen LogP contribution < -0.4 is 9.64 Å². The summed E-state index contributed by atoms with van der Waals surface area (Å²) in [6.45, 7) is 7.88. The van der Waals surface area contributed by atoms with Crippen molar-refractivity contribution in [3.63, 3.8) is 0 Å². The van der Waals surface area contributed by atoms with Gasteiger partial charge in [-0.25, -0.2) is 8.78 Å². The van der Waals surface area contributed by atoms with E-state index in [9.17, 15) is 8.78 Å². The topological polar surface area (TPSA) is 53.9 Å². The number of benzene rings is 2. The highest BCUT2D eigenvalue weighted by Crippen LogP contribution is 2.48. The molecule has 1 aliphatic carbocycles. The van der Waals surface area contributed by atoms with Gasteiger partial charge in [0.1, 0.15) is 24.9 Å². The van der Waals surface area contributed by atoms with E-state index in [0.717, 1.165) is 50.8 Å². The molecule has 0 amide bonds. The molecule has 3 saturated heterocycles. The third-order valence-corrected chi connectivity index (χ3v) is 10.3. The molecule has 4 aliphatic rings. The third-order valence-electron chi connectivity index (χ3n) is 10.3. The normalized spacial score (nSPS) is 21.2. The predicted octanol–water partition coefficient (Wildman–Crippen LogP) is 7.11. The number of anilines is 1. The Bertz CT molecular complexity index is 1520. The first-order valence-electron chi connectivity index (χ1n) is 15.5. The lowest BCUT2D eigenvalue weighted by Gasteiger charge is -2.49. The Balaban J connectivity index is 1.23. The molecule has 8 heteroatoms. The SMILES string of the molecule is C=C(N=Cc1c(CF)nc(OCC23CCCN2CCC3)nc1N1CCCC2(CCC2)C1)c1cccc2cccc(F)c12. The van der Waals surface area contributed by atoms with E-state index >= 15 is 0 Å². The molecule has 0 unspecified atom stereocenters. The van der Waals surface area contributed by atoms with E-state index in [2.05, 4.69) is 26.4 Å². The molecule has 1 spiro atoms. The summed E-state index contributed by atoms with van der Waals surface area (Å²) in [4.78, 5) is 19.0. The summed E-state index contributed by atoms with van der Waals surface area (Å²) in [5.41, 5.74) is 2.17. The quantitative estimate of drug-likeness (QED) is 0.270. The summed E-state index contributed by atoms with van der Waals surface area (Å²) < 4.78 is 35.8. The Hall–Kier alpha value is -3.39. The van der Waals surface area contributed by atoms with Crippen molar-refractivity contribution >= 4 is 28.5 Å². The van der Waals surface area contributed by atoms with E-state index in [1.807, 2.05) is 24.3 Å². The van der Waals surface area contributed by atoms with Gasteiger partial charge in [-0.2, -0.15) is 9.97 Å². The minimum Gasteiger partial charge on any atom is -0.461 e. The van der Waals surface area contributed by atoms with Crippen molar-refractivity contribution in [2.24, 2.45) is 10.4 Å². The number of aromatic nitrogens is 2. The second kappa shape index (κ2) is 11.0. The number of hydrogen-bond donors (Lipinski definition) is 0. The lowest BCUT2D eigenvalue weighted by Crippen LogP contribution is -2.47. The van der Waals surface area contributed by atoms with Crippen LogP contribution in [-0.2, 0) is 6.67 Å². The van der Waals surface area contributed by atoms with Crippen LogP contribution in [-0.4, -0.2) is 59.4 Å². The minimum atomic E-state index is -0.765. The highest BCUT2D eigenvalue weighted by molar-refractivity contribution is 5.97. The molecule has 4 heterocycles. The van der Waals surface area contributed by atoms with Gasteiger partial charge in [-0.3, -0.25) is 9.89 Å². The Kier molecular flexibility index (Phi) is 7.21. The van der Waals surface area contributed by atoms with Crippen molar-refractivity contribution in [2.75, 3.05) is 37.7 Å². The molecular formula is C34H39F2N5O. The summed E-state index contributed by atoms with van der Waals surface area (Å²) >= 11 is 0. The van der Waals surface area contributed by atoms with Crippen LogP contribution in [0.25, 0.3) is 16.5 Å². The van der Waals surface area contributed by atoms with Gasteiger partial charge >= 0.3 is 6.01 Å². The summed E-state index contributed by atoms with van der Waals surface area (Å²) in [5, 5.41) is 1.25.